The highest BCUT2D eigenvalue weighted by Gasteiger charge is 2.16. The molecule has 0 radical (unpaired) electrons. The molecule has 2 amide bonds. The third-order valence-electron chi connectivity index (χ3n) is 1.91. The summed E-state index contributed by atoms with van der Waals surface area (Å²) in [7, 11) is 0. The standard InChI is InChI=1S/C10H11N3O4/c11-7(14)3-5-13-9(15)8-6(10(16)17)2-1-4-12-8/h1-2,4H,3,5H2,(H2,11,14)(H,13,15)(H,16,17). The van der Waals surface area contributed by atoms with E-state index in [-0.39, 0.29) is 24.2 Å². The number of nitrogens with two attached hydrogens (primary N) is 1. The molecule has 0 aliphatic carbocycles. The average molecular weight is 237 g/mol. The van der Waals surface area contributed by atoms with Gasteiger partial charge in [0.2, 0.25) is 5.91 Å². The fourth-order valence-electron chi connectivity index (χ4n) is 1.14. The van der Waals surface area contributed by atoms with Gasteiger partial charge in [-0.2, -0.15) is 0 Å². The first-order chi connectivity index (χ1) is 8.02. The average Bonchev–Trinajstić information content (AvgIpc) is 2.28. The van der Waals surface area contributed by atoms with E-state index in [1.165, 1.54) is 18.3 Å². The van der Waals surface area contributed by atoms with Gasteiger partial charge in [0.05, 0.1) is 5.56 Å². The van der Waals surface area contributed by atoms with Gasteiger partial charge in [0.1, 0.15) is 5.69 Å². The van der Waals surface area contributed by atoms with Gasteiger partial charge in [-0.3, -0.25) is 14.6 Å². The normalized spacial score (nSPS) is 9.65. The molecule has 7 heteroatoms. The zero-order valence-corrected chi connectivity index (χ0v) is 8.84. The Kier molecular flexibility index (Phi) is 4.15. The maximum atomic E-state index is 11.6. The number of rotatable bonds is 5. The molecule has 0 bridgehead atoms. The lowest BCUT2D eigenvalue weighted by atomic mass is 10.2. The predicted octanol–water partition coefficient (Wildman–Crippen LogP) is -0.615. The fraction of sp³-hybridized carbons (Fsp3) is 0.200. The second kappa shape index (κ2) is 5.59. The van der Waals surface area contributed by atoms with E-state index in [9.17, 15) is 14.4 Å². The van der Waals surface area contributed by atoms with Crippen molar-refractivity contribution in [3.63, 3.8) is 0 Å². The van der Waals surface area contributed by atoms with Crippen molar-refractivity contribution in [1.82, 2.24) is 10.3 Å². The number of nitrogens with one attached hydrogen (secondary N) is 1. The highest BCUT2D eigenvalue weighted by molar-refractivity contribution is 6.03. The number of aromatic carboxylic acids is 1. The smallest absolute Gasteiger partial charge is 0.338 e. The molecule has 0 aliphatic heterocycles. The molecule has 0 saturated heterocycles. The quantitative estimate of drug-likeness (QED) is 0.630. The van der Waals surface area contributed by atoms with E-state index in [4.69, 9.17) is 10.8 Å². The van der Waals surface area contributed by atoms with Crippen molar-refractivity contribution in [2.24, 2.45) is 5.73 Å². The van der Waals surface area contributed by atoms with Gasteiger partial charge in [0, 0.05) is 19.2 Å². The molecular formula is C10H11N3O4. The molecule has 1 rings (SSSR count). The van der Waals surface area contributed by atoms with Gasteiger partial charge in [-0.1, -0.05) is 0 Å². The van der Waals surface area contributed by atoms with Crippen LogP contribution in [0.25, 0.3) is 0 Å². The number of pyridine rings is 1. The summed E-state index contributed by atoms with van der Waals surface area (Å²) in [5.41, 5.74) is 4.51. The van der Waals surface area contributed by atoms with Crippen molar-refractivity contribution in [2.75, 3.05) is 6.54 Å². The van der Waals surface area contributed by atoms with Gasteiger partial charge < -0.3 is 16.2 Å². The van der Waals surface area contributed by atoms with Gasteiger partial charge in [-0.05, 0) is 12.1 Å². The molecule has 1 heterocycles. The summed E-state index contributed by atoms with van der Waals surface area (Å²) in [6.45, 7) is 0.0454. The van der Waals surface area contributed by atoms with Crippen molar-refractivity contribution in [2.45, 2.75) is 6.42 Å². The van der Waals surface area contributed by atoms with E-state index >= 15 is 0 Å². The highest BCUT2D eigenvalue weighted by Crippen LogP contribution is 2.04. The molecule has 0 unspecified atom stereocenters. The van der Waals surface area contributed by atoms with E-state index in [2.05, 4.69) is 10.3 Å². The van der Waals surface area contributed by atoms with Crippen molar-refractivity contribution in [3.8, 4) is 0 Å². The summed E-state index contributed by atoms with van der Waals surface area (Å²) in [6.07, 6.45) is 1.30. The van der Waals surface area contributed by atoms with E-state index in [0.717, 1.165) is 0 Å². The largest absolute Gasteiger partial charge is 0.478 e. The SMILES string of the molecule is NC(=O)CCNC(=O)c1ncccc1C(=O)O. The van der Waals surface area contributed by atoms with Crippen LogP contribution in [-0.2, 0) is 4.79 Å². The number of primary amides is 1. The number of amides is 2. The Morgan fingerprint density at radius 2 is 2.12 bits per heavy atom. The number of hydrogen-bond donors (Lipinski definition) is 3. The minimum atomic E-state index is -1.24. The Labute approximate surface area is 96.6 Å². The van der Waals surface area contributed by atoms with Gasteiger partial charge >= 0.3 is 5.97 Å². The minimum absolute atomic E-state index is 0.0129. The number of hydrogen-bond acceptors (Lipinski definition) is 4. The summed E-state index contributed by atoms with van der Waals surface area (Å²) >= 11 is 0. The first kappa shape index (κ1) is 12.6. The lowest BCUT2D eigenvalue weighted by Gasteiger charge is -2.05. The lowest BCUT2D eigenvalue weighted by molar-refractivity contribution is -0.117. The molecule has 0 aliphatic rings. The number of carboxylic acid groups (broad SMARTS) is 1. The molecule has 7 nitrogen and oxygen atoms in total. The first-order valence-corrected chi connectivity index (χ1v) is 4.77. The monoisotopic (exact) mass is 237 g/mol. The molecule has 17 heavy (non-hydrogen) atoms. The number of carboxylic acids is 1. The van der Waals surface area contributed by atoms with Gasteiger partial charge in [-0.25, -0.2) is 4.79 Å². The fourth-order valence-corrected chi connectivity index (χ4v) is 1.14. The van der Waals surface area contributed by atoms with Gasteiger partial charge in [0.15, 0.2) is 0 Å². The van der Waals surface area contributed by atoms with Crippen LogP contribution in [0.5, 0.6) is 0 Å². The number of carbonyl (C=O) groups is 3. The lowest BCUT2D eigenvalue weighted by Crippen LogP contribution is -2.29. The molecule has 0 aromatic carbocycles. The van der Waals surface area contributed by atoms with Gasteiger partial charge in [-0.15, -0.1) is 0 Å². The Balaban J connectivity index is 2.75. The number of aromatic nitrogens is 1. The maximum absolute atomic E-state index is 11.6. The Morgan fingerprint density at radius 3 is 2.71 bits per heavy atom. The van der Waals surface area contributed by atoms with Crippen molar-refractivity contribution in [3.05, 3.63) is 29.6 Å². The summed E-state index contributed by atoms with van der Waals surface area (Å²) in [4.78, 5) is 36.5. The second-order valence-electron chi connectivity index (χ2n) is 3.18. The van der Waals surface area contributed by atoms with Crippen LogP contribution in [0, 0.1) is 0 Å². The second-order valence-corrected chi connectivity index (χ2v) is 3.18. The maximum Gasteiger partial charge on any atom is 0.338 e. The third-order valence-corrected chi connectivity index (χ3v) is 1.91. The van der Waals surface area contributed by atoms with Crippen LogP contribution in [0.2, 0.25) is 0 Å². The van der Waals surface area contributed by atoms with Crippen LogP contribution in [0.3, 0.4) is 0 Å². The molecule has 1 aromatic rings. The molecule has 0 atom stereocenters. The van der Waals surface area contributed by atoms with Crippen molar-refractivity contribution < 1.29 is 19.5 Å². The van der Waals surface area contributed by atoms with E-state index in [0.29, 0.717) is 0 Å². The van der Waals surface area contributed by atoms with Crippen LogP contribution >= 0.6 is 0 Å². The van der Waals surface area contributed by atoms with Crippen LogP contribution in [0.1, 0.15) is 27.3 Å². The van der Waals surface area contributed by atoms with E-state index < -0.39 is 17.8 Å². The minimum Gasteiger partial charge on any atom is -0.478 e. The van der Waals surface area contributed by atoms with E-state index in [1.54, 1.807) is 0 Å². The van der Waals surface area contributed by atoms with Crippen molar-refractivity contribution in [1.29, 1.82) is 0 Å². The molecule has 90 valence electrons. The molecular weight excluding hydrogens is 226 g/mol. The Bertz CT molecular complexity index is 459. The predicted molar refractivity (Wildman–Crippen MR) is 57.3 cm³/mol. The summed E-state index contributed by atoms with van der Waals surface area (Å²) in [6, 6.07) is 2.70. The van der Waals surface area contributed by atoms with Crippen LogP contribution < -0.4 is 11.1 Å². The zero-order valence-electron chi connectivity index (χ0n) is 8.84. The molecule has 0 spiro atoms. The molecule has 0 saturated carbocycles. The Morgan fingerprint density at radius 1 is 1.41 bits per heavy atom. The van der Waals surface area contributed by atoms with Crippen LogP contribution in [0.4, 0.5) is 0 Å². The number of carbonyl (C=O) groups excluding carboxylic acids is 2. The summed E-state index contributed by atoms with van der Waals surface area (Å²) in [5.74, 6) is -2.44. The zero-order chi connectivity index (χ0) is 12.8. The van der Waals surface area contributed by atoms with Crippen LogP contribution in [0.15, 0.2) is 18.3 Å². The third kappa shape index (κ3) is 3.56. The summed E-state index contributed by atoms with van der Waals surface area (Å²) < 4.78 is 0. The Hall–Kier alpha value is -2.44. The molecule has 1 aromatic heterocycles. The molecule has 4 N–H and O–H groups in total. The topological polar surface area (TPSA) is 122 Å². The number of nitrogens with zero attached hydrogens (tertiary/aromatic N) is 1. The van der Waals surface area contributed by atoms with Crippen molar-refractivity contribution >= 4 is 17.8 Å². The van der Waals surface area contributed by atoms with Gasteiger partial charge in [0.25, 0.3) is 5.91 Å². The first-order valence-electron chi connectivity index (χ1n) is 4.77. The highest BCUT2D eigenvalue weighted by atomic mass is 16.4. The summed E-state index contributed by atoms with van der Waals surface area (Å²) in [5, 5.41) is 11.2. The van der Waals surface area contributed by atoms with Crippen LogP contribution in [-0.4, -0.2) is 34.4 Å². The van der Waals surface area contributed by atoms with E-state index in [1.807, 2.05) is 0 Å². The molecule has 0 fully saturated rings.